The number of carbonyl (C=O) groups is 1. The van der Waals surface area contributed by atoms with Gasteiger partial charge in [-0.2, -0.15) is 0 Å². The summed E-state index contributed by atoms with van der Waals surface area (Å²) in [5, 5.41) is 3.12. The van der Waals surface area contributed by atoms with Gasteiger partial charge in [0, 0.05) is 11.6 Å². The van der Waals surface area contributed by atoms with Crippen LogP contribution >= 0.6 is 0 Å². The van der Waals surface area contributed by atoms with E-state index in [-0.39, 0.29) is 5.91 Å². The van der Waals surface area contributed by atoms with Crippen LogP contribution in [-0.2, 0) is 0 Å². The quantitative estimate of drug-likeness (QED) is 0.838. The zero-order valence-corrected chi connectivity index (χ0v) is 11.8. The number of benzene rings is 1. The Morgan fingerprint density at radius 2 is 1.83 bits per heavy atom. The summed E-state index contributed by atoms with van der Waals surface area (Å²) in [6.07, 6.45) is 6.09. The summed E-state index contributed by atoms with van der Waals surface area (Å²) in [5.41, 5.74) is 1.92. The number of nitrogens with one attached hydrogen (secondary N) is 1. The Bertz CT molecular complexity index is 367. The molecule has 0 saturated heterocycles. The smallest absolute Gasteiger partial charge is 0.251 e. The lowest BCUT2D eigenvalue weighted by Gasteiger charge is -2.22. The van der Waals surface area contributed by atoms with Gasteiger partial charge in [-0.05, 0) is 31.9 Å². The fraction of sp³-hybridized carbons (Fsp3) is 0.562. The van der Waals surface area contributed by atoms with Crippen LogP contribution in [0.25, 0.3) is 0 Å². The summed E-state index contributed by atoms with van der Waals surface area (Å²) in [6.45, 7) is 6.01. The highest BCUT2D eigenvalue weighted by Crippen LogP contribution is 2.17. The van der Waals surface area contributed by atoms with E-state index in [0.717, 1.165) is 24.0 Å². The molecule has 100 valence electrons. The second kappa shape index (κ2) is 7.91. The molecule has 0 aliphatic heterocycles. The van der Waals surface area contributed by atoms with E-state index in [1.54, 1.807) is 0 Å². The molecule has 1 aliphatic carbocycles. The number of carbonyl (C=O) groups excluding carboxylic acids is 1. The van der Waals surface area contributed by atoms with Crippen molar-refractivity contribution in [3.8, 4) is 0 Å². The van der Waals surface area contributed by atoms with Gasteiger partial charge < -0.3 is 5.32 Å². The zero-order valence-electron chi connectivity index (χ0n) is 11.8. The van der Waals surface area contributed by atoms with E-state index in [4.69, 9.17) is 0 Å². The molecule has 2 nitrogen and oxygen atoms in total. The van der Waals surface area contributed by atoms with Crippen molar-refractivity contribution in [2.24, 2.45) is 0 Å². The molecule has 18 heavy (non-hydrogen) atoms. The standard InChI is InChI=1S/C14H19NO.C2H6/c1-11-6-5-7-12(10-11)14(16)15-13-8-3-2-4-9-13;1-2/h5-7,10,13H,2-4,8-9H2,1H3,(H,15,16);1-2H3. The number of rotatable bonds is 2. The predicted molar refractivity (Wildman–Crippen MR) is 76.9 cm³/mol. The minimum atomic E-state index is 0.0793. The Labute approximate surface area is 111 Å². The number of aryl methyl sites for hydroxylation is 1. The van der Waals surface area contributed by atoms with Crippen LogP contribution in [0.1, 0.15) is 61.9 Å². The lowest BCUT2D eigenvalue weighted by Crippen LogP contribution is -2.36. The predicted octanol–water partition coefficient (Wildman–Crippen LogP) is 4.08. The molecule has 2 rings (SSSR count). The zero-order chi connectivity index (χ0) is 13.4. The molecular weight excluding hydrogens is 222 g/mol. The Morgan fingerprint density at radius 1 is 1.17 bits per heavy atom. The third-order valence-corrected chi connectivity index (χ3v) is 3.22. The monoisotopic (exact) mass is 247 g/mol. The van der Waals surface area contributed by atoms with E-state index in [9.17, 15) is 4.79 Å². The van der Waals surface area contributed by atoms with Crippen LogP contribution in [0.2, 0.25) is 0 Å². The topological polar surface area (TPSA) is 29.1 Å². The van der Waals surface area contributed by atoms with Gasteiger partial charge >= 0.3 is 0 Å². The Kier molecular flexibility index (Phi) is 6.48. The SMILES string of the molecule is CC.Cc1cccc(C(=O)NC2CCCCC2)c1. The summed E-state index contributed by atoms with van der Waals surface area (Å²) in [6, 6.07) is 8.16. The van der Waals surface area contributed by atoms with Gasteiger partial charge in [0.2, 0.25) is 0 Å². The lowest BCUT2D eigenvalue weighted by atomic mass is 9.95. The van der Waals surface area contributed by atoms with Crippen LogP contribution < -0.4 is 5.32 Å². The normalized spacial score (nSPS) is 15.5. The van der Waals surface area contributed by atoms with E-state index in [0.29, 0.717) is 6.04 Å². The summed E-state index contributed by atoms with van der Waals surface area (Å²) in [4.78, 5) is 12.0. The highest BCUT2D eigenvalue weighted by molar-refractivity contribution is 5.94. The molecular formula is C16H25NO. The first-order valence-electron chi connectivity index (χ1n) is 7.13. The van der Waals surface area contributed by atoms with Crippen LogP contribution in [0.3, 0.4) is 0 Å². The largest absolute Gasteiger partial charge is 0.349 e. The van der Waals surface area contributed by atoms with Gasteiger partial charge in [0.25, 0.3) is 5.91 Å². The summed E-state index contributed by atoms with van der Waals surface area (Å²) in [7, 11) is 0. The van der Waals surface area contributed by atoms with Crippen molar-refractivity contribution in [1.82, 2.24) is 5.32 Å². The molecule has 0 radical (unpaired) electrons. The van der Waals surface area contributed by atoms with Crippen LogP contribution in [0.5, 0.6) is 0 Å². The van der Waals surface area contributed by atoms with Crippen LogP contribution in [0.4, 0.5) is 0 Å². The molecule has 1 aromatic rings. The maximum absolute atomic E-state index is 12.0. The molecule has 1 amide bonds. The molecule has 0 atom stereocenters. The van der Waals surface area contributed by atoms with Crippen molar-refractivity contribution in [3.05, 3.63) is 35.4 Å². The van der Waals surface area contributed by atoms with Gasteiger partial charge in [-0.25, -0.2) is 0 Å². The van der Waals surface area contributed by atoms with Crippen LogP contribution in [-0.4, -0.2) is 11.9 Å². The highest BCUT2D eigenvalue weighted by atomic mass is 16.1. The van der Waals surface area contributed by atoms with Gasteiger partial charge in [-0.1, -0.05) is 50.8 Å². The van der Waals surface area contributed by atoms with Crippen LogP contribution in [0.15, 0.2) is 24.3 Å². The second-order valence-electron chi connectivity index (χ2n) is 4.68. The fourth-order valence-corrected chi connectivity index (χ4v) is 2.30. The lowest BCUT2D eigenvalue weighted by molar-refractivity contribution is 0.0927. The molecule has 0 unspecified atom stereocenters. The minimum absolute atomic E-state index is 0.0793. The van der Waals surface area contributed by atoms with Gasteiger partial charge in [0.05, 0.1) is 0 Å². The van der Waals surface area contributed by atoms with Gasteiger partial charge in [-0.15, -0.1) is 0 Å². The van der Waals surface area contributed by atoms with Crippen molar-refractivity contribution >= 4 is 5.91 Å². The third-order valence-electron chi connectivity index (χ3n) is 3.22. The first-order valence-corrected chi connectivity index (χ1v) is 7.13. The minimum Gasteiger partial charge on any atom is -0.349 e. The van der Waals surface area contributed by atoms with E-state index in [2.05, 4.69) is 5.32 Å². The van der Waals surface area contributed by atoms with E-state index < -0.39 is 0 Å². The average Bonchev–Trinajstić information content (AvgIpc) is 2.42. The van der Waals surface area contributed by atoms with E-state index >= 15 is 0 Å². The summed E-state index contributed by atoms with van der Waals surface area (Å²) in [5.74, 6) is 0.0793. The maximum Gasteiger partial charge on any atom is 0.251 e. The van der Waals surface area contributed by atoms with E-state index in [1.807, 2.05) is 45.0 Å². The molecule has 0 heterocycles. The van der Waals surface area contributed by atoms with Crippen molar-refractivity contribution in [3.63, 3.8) is 0 Å². The number of hydrogen-bond donors (Lipinski definition) is 1. The van der Waals surface area contributed by atoms with Crippen molar-refractivity contribution in [2.75, 3.05) is 0 Å². The molecule has 1 N–H and O–H groups in total. The Morgan fingerprint density at radius 3 is 2.44 bits per heavy atom. The summed E-state index contributed by atoms with van der Waals surface area (Å²) < 4.78 is 0. The Balaban J connectivity index is 0.000000771. The molecule has 1 fully saturated rings. The molecule has 0 aromatic heterocycles. The Hall–Kier alpha value is -1.31. The first-order chi connectivity index (χ1) is 8.75. The van der Waals surface area contributed by atoms with Gasteiger partial charge in [0.1, 0.15) is 0 Å². The highest BCUT2D eigenvalue weighted by Gasteiger charge is 2.16. The van der Waals surface area contributed by atoms with Gasteiger partial charge in [-0.3, -0.25) is 4.79 Å². The average molecular weight is 247 g/mol. The maximum atomic E-state index is 12.0. The molecule has 2 heteroatoms. The van der Waals surface area contributed by atoms with E-state index in [1.165, 1.54) is 19.3 Å². The molecule has 0 spiro atoms. The number of amides is 1. The molecule has 1 saturated carbocycles. The first kappa shape index (κ1) is 14.7. The summed E-state index contributed by atoms with van der Waals surface area (Å²) >= 11 is 0. The fourth-order valence-electron chi connectivity index (χ4n) is 2.30. The molecule has 1 aromatic carbocycles. The number of hydrogen-bond acceptors (Lipinski definition) is 1. The van der Waals surface area contributed by atoms with Gasteiger partial charge in [0.15, 0.2) is 0 Å². The molecule has 1 aliphatic rings. The van der Waals surface area contributed by atoms with Crippen molar-refractivity contribution < 1.29 is 4.79 Å². The van der Waals surface area contributed by atoms with Crippen LogP contribution in [0, 0.1) is 6.92 Å². The third kappa shape index (κ3) is 4.52. The van der Waals surface area contributed by atoms with Crippen molar-refractivity contribution in [2.45, 2.75) is 58.9 Å². The molecule has 0 bridgehead atoms. The second-order valence-corrected chi connectivity index (χ2v) is 4.68. The van der Waals surface area contributed by atoms with Crippen molar-refractivity contribution in [1.29, 1.82) is 0 Å².